The zero-order valence-corrected chi connectivity index (χ0v) is 18.2. The highest BCUT2D eigenvalue weighted by Gasteiger charge is 2.85. The van der Waals surface area contributed by atoms with Crippen LogP contribution in [0.4, 0.5) is 0 Å². The molecule has 1 aliphatic carbocycles. The first kappa shape index (κ1) is 20.9. The Kier molecular flexibility index (Phi) is 4.42. The summed E-state index contributed by atoms with van der Waals surface area (Å²) < 4.78 is 22.7. The molecule has 7 unspecified atom stereocenters. The lowest BCUT2D eigenvalue weighted by Gasteiger charge is -2.37. The molecule has 3 aliphatic rings. The Morgan fingerprint density at radius 1 is 1.12 bits per heavy atom. The summed E-state index contributed by atoms with van der Waals surface area (Å²) in [5.41, 5.74) is -2.96. The number of esters is 1. The van der Waals surface area contributed by atoms with Gasteiger partial charge in [-0.05, 0) is 24.4 Å². The van der Waals surface area contributed by atoms with E-state index >= 15 is 0 Å². The Morgan fingerprint density at radius 2 is 1.81 bits per heavy atom. The van der Waals surface area contributed by atoms with Crippen molar-refractivity contribution in [3.05, 3.63) is 36.4 Å². The number of phenolic OH excluding ortho intramolecular Hbond substituents is 1. The highest BCUT2D eigenvalue weighted by Crippen LogP contribution is 2.61. The van der Waals surface area contributed by atoms with Crippen LogP contribution in [-0.4, -0.2) is 52.3 Å². The van der Waals surface area contributed by atoms with Gasteiger partial charge >= 0.3 is 5.97 Å². The maximum atomic E-state index is 13.5. The number of ketones is 2. The number of Topliss-reactive ketones (excluding diaryl/α,β-unsaturated/α-hetero) is 2. The van der Waals surface area contributed by atoms with E-state index in [9.17, 15) is 19.5 Å². The van der Waals surface area contributed by atoms with Crippen LogP contribution in [0, 0.1) is 11.8 Å². The van der Waals surface area contributed by atoms with E-state index in [1.807, 2.05) is 12.1 Å². The Labute approximate surface area is 184 Å². The molecule has 2 saturated heterocycles. The highest BCUT2D eigenvalue weighted by molar-refractivity contribution is 6.09. The molecule has 168 valence electrons. The molecular formula is C24H24O8. The molecule has 8 heteroatoms. The third-order valence-corrected chi connectivity index (χ3v) is 7.04. The average molecular weight is 440 g/mol. The van der Waals surface area contributed by atoms with Gasteiger partial charge in [0, 0.05) is 18.8 Å². The summed E-state index contributed by atoms with van der Waals surface area (Å²) in [6.07, 6.45) is -2.79. The zero-order chi connectivity index (χ0) is 23.0. The summed E-state index contributed by atoms with van der Waals surface area (Å²) in [5, 5.41) is 11.5. The van der Waals surface area contributed by atoms with Crippen LogP contribution < -0.4 is 4.74 Å². The SMILES string of the molecule is CC(=O)OC1C(C)C(C)C(=O)C2(C)OC12C(=O)C1OC1Oc1cccc2cccc(O)c12. The fraction of sp³-hybridized carbons (Fsp3) is 0.458. The van der Waals surface area contributed by atoms with Gasteiger partial charge in [-0.3, -0.25) is 14.4 Å². The summed E-state index contributed by atoms with van der Waals surface area (Å²) in [6, 6.07) is 10.4. The summed E-state index contributed by atoms with van der Waals surface area (Å²) in [6.45, 7) is 6.34. The summed E-state index contributed by atoms with van der Waals surface area (Å²) >= 11 is 0. The molecule has 1 N–H and O–H groups in total. The quantitative estimate of drug-likeness (QED) is 0.557. The van der Waals surface area contributed by atoms with Crippen molar-refractivity contribution in [1.29, 1.82) is 0 Å². The van der Waals surface area contributed by atoms with Crippen molar-refractivity contribution >= 4 is 28.3 Å². The van der Waals surface area contributed by atoms with E-state index in [1.54, 1.807) is 45.0 Å². The van der Waals surface area contributed by atoms with E-state index in [-0.39, 0.29) is 11.5 Å². The number of benzene rings is 2. The van der Waals surface area contributed by atoms with E-state index in [1.165, 1.54) is 6.92 Å². The van der Waals surface area contributed by atoms with Crippen molar-refractivity contribution in [1.82, 2.24) is 0 Å². The van der Waals surface area contributed by atoms with Gasteiger partial charge < -0.3 is 24.1 Å². The van der Waals surface area contributed by atoms with Gasteiger partial charge in [0.05, 0.1) is 5.39 Å². The maximum absolute atomic E-state index is 13.5. The minimum atomic E-state index is -1.59. The van der Waals surface area contributed by atoms with Crippen molar-refractivity contribution in [3.63, 3.8) is 0 Å². The Morgan fingerprint density at radius 3 is 2.50 bits per heavy atom. The molecule has 0 spiro atoms. The molecule has 5 rings (SSSR count). The molecule has 2 aromatic carbocycles. The lowest BCUT2D eigenvalue weighted by Crippen LogP contribution is -2.59. The molecule has 1 saturated carbocycles. The van der Waals surface area contributed by atoms with Gasteiger partial charge in [0.2, 0.25) is 17.7 Å². The van der Waals surface area contributed by atoms with Crippen LogP contribution >= 0.6 is 0 Å². The van der Waals surface area contributed by atoms with E-state index in [0.29, 0.717) is 11.1 Å². The number of carbonyl (C=O) groups is 3. The first-order valence-electron chi connectivity index (χ1n) is 10.6. The van der Waals surface area contributed by atoms with Crippen molar-refractivity contribution in [3.8, 4) is 11.5 Å². The molecule has 2 aliphatic heterocycles. The molecule has 0 amide bonds. The Hall–Kier alpha value is -2.97. The summed E-state index contributed by atoms with van der Waals surface area (Å²) in [4.78, 5) is 38.2. The predicted octanol–water partition coefficient (Wildman–Crippen LogP) is 2.53. The van der Waals surface area contributed by atoms with Crippen LogP contribution in [0.3, 0.4) is 0 Å². The van der Waals surface area contributed by atoms with Crippen molar-refractivity contribution in [2.45, 2.75) is 57.4 Å². The number of ether oxygens (including phenoxy) is 4. The second-order valence-electron chi connectivity index (χ2n) is 8.95. The van der Waals surface area contributed by atoms with Crippen LogP contribution in [0.1, 0.15) is 27.7 Å². The van der Waals surface area contributed by atoms with Gasteiger partial charge in [-0.25, -0.2) is 0 Å². The van der Waals surface area contributed by atoms with E-state index < -0.39 is 53.3 Å². The third kappa shape index (κ3) is 2.72. The van der Waals surface area contributed by atoms with E-state index in [2.05, 4.69) is 0 Å². The van der Waals surface area contributed by atoms with Gasteiger partial charge in [-0.2, -0.15) is 0 Å². The Bertz CT molecular complexity index is 1150. The van der Waals surface area contributed by atoms with Crippen molar-refractivity contribution in [2.75, 3.05) is 0 Å². The minimum Gasteiger partial charge on any atom is -0.507 e. The Balaban J connectivity index is 1.42. The minimum absolute atomic E-state index is 0.0499. The highest BCUT2D eigenvalue weighted by atomic mass is 16.8. The molecule has 7 atom stereocenters. The van der Waals surface area contributed by atoms with Gasteiger partial charge in [-0.1, -0.05) is 38.1 Å². The van der Waals surface area contributed by atoms with Crippen molar-refractivity contribution < 1.29 is 38.4 Å². The number of epoxide rings is 2. The zero-order valence-electron chi connectivity index (χ0n) is 18.2. The lowest BCUT2D eigenvalue weighted by atomic mass is 9.65. The number of fused-ring (bicyclic) bond motifs is 2. The monoisotopic (exact) mass is 440 g/mol. The number of hydrogen-bond donors (Lipinski definition) is 1. The van der Waals surface area contributed by atoms with E-state index in [0.717, 1.165) is 5.39 Å². The molecule has 32 heavy (non-hydrogen) atoms. The lowest BCUT2D eigenvalue weighted by molar-refractivity contribution is -0.161. The molecule has 0 aromatic heterocycles. The van der Waals surface area contributed by atoms with Gasteiger partial charge in [-0.15, -0.1) is 0 Å². The predicted molar refractivity (Wildman–Crippen MR) is 111 cm³/mol. The molecule has 2 heterocycles. The smallest absolute Gasteiger partial charge is 0.303 e. The largest absolute Gasteiger partial charge is 0.507 e. The van der Waals surface area contributed by atoms with Crippen LogP contribution in [-0.2, 0) is 28.6 Å². The molecule has 0 bridgehead atoms. The maximum Gasteiger partial charge on any atom is 0.303 e. The number of carbonyl (C=O) groups excluding carboxylic acids is 3. The average Bonchev–Trinajstić information content (AvgIpc) is 3.65. The second kappa shape index (κ2) is 6.76. The van der Waals surface area contributed by atoms with Crippen LogP contribution in [0.15, 0.2) is 36.4 Å². The number of aromatic hydroxyl groups is 1. The third-order valence-electron chi connectivity index (χ3n) is 7.04. The topological polar surface area (TPSA) is 115 Å². The second-order valence-corrected chi connectivity index (χ2v) is 8.95. The van der Waals surface area contributed by atoms with Gasteiger partial charge in [0.1, 0.15) is 17.6 Å². The molecule has 3 fully saturated rings. The molecular weight excluding hydrogens is 416 g/mol. The molecule has 8 nitrogen and oxygen atoms in total. The van der Waals surface area contributed by atoms with Crippen molar-refractivity contribution in [2.24, 2.45) is 11.8 Å². The summed E-state index contributed by atoms with van der Waals surface area (Å²) in [5.74, 6) is -1.64. The van der Waals surface area contributed by atoms with E-state index in [4.69, 9.17) is 18.9 Å². The van der Waals surface area contributed by atoms with Crippen LogP contribution in [0.25, 0.3) is 10.8 Å². The van der Waals surface area contributed by atoms with Gasteiger partial charge in [0.15, 0.2) is 17.5 Å². The fourth-order valence-corrected chi connectivity index (χ4v) is 5.06. The molecule has 0 radical (unpaired) electrons. The number of hydrogen-bond acceptors (Lipinski definition) is 8. The fourth-order valence-electron chi connectivity index (χ4n) is 5.06. The first-order valence-corrected chi connectivity index (χ1v) is 10.6. The standard InChI is InChI=1S/C24H24O8/c1-11-12(2)21(29-13(3)25)24(23(4,32-24)19(11)27)20(28)18-22(31-18)30-16-10-6-8-14-7-5-9-15(26)17(14)16/h5-12,18,21-22,26H,1-4H3. The summed E-state index contributed by atoms with van der Waals surface area (Å²) in [7, 11) is 0. The first-order chi connectivity index (χ1) is 15.1. The van der Waals surface area contributed by atoms with Crippen LogP contribution in [0.5, 0.6) is 11.5 Å². The molecule has 2 aromatic rings. The number of phenols is 1. The van der Waals surface area contributed by atoms with Crippen LogP contribution in [0.2, 0.25) is 0 Å². The number of rotatable bonds is 5. The normalized spacial score (nSPS) is 37.5. The van der Waals surface area contributed by atoms with Gasteiger partial charge in [0.25, 0.3) is 0 Å².